The Morgan fingerprint density at radius 1 is 1.40 bits per heavy atom. The van der Waals surface area contributed by atoms with Gasteiger partial charge in [-0.3, -0.25) is 0 Å². The lowest BCUT2D eigenvalue weighted by Gasteiger charge is -2.28. The van der Waals surface area contributed by atoms with Crippen molar-refractivity contribution in [2.24, 2.45) is 0 Å². The highest BCUT2D eigenvalue weighted by Gasteiger charge is 2.29. The minimum Gasteiger partial charge on any atom is -0.301 e. The number of hydrogen-bond acceptors (Lipinski definition) is 4. The van der Waals surface area contributed by atoms with Gasteiger partial charge in [-0.25, -0.2) is 8.42 Å². The normalized spacial score (nSPS) is 27.5. The zero-order valence-electron chi connectivity index (χ0n) is 9.77. The molecule has 5 heteroatoms. The summed E-state index contributed by atoms with van der Waals surface area (Å²) in [5.41, 5.74) is 0. The molecule has 0 spiro atoms. The summed E-state index contributed by atoms with van der Waals surface area (Å²) in [6.07, 6.45) is 7.22. The van der Waals surface area contributed by atoms with Crippen molar-refractivity contribution in [3.05, 3.63) is 0 Å². The van der Waals surface area contributed by atoms with Crippen LogP contribution in [0, 0.1) is 0 Å². The van der Waals surface area contributed by atoms with Gasteiger partial charge in [-0.05, 0) is 26.1 Å². The molecule has 1 rings (SSSR count). The number of thioether (sulfide) groups is 1. The van der Waals surface area contributed by atoms with E-state index in [4.69, 9.17) is 0 Å². The van der Waals surface area contributed by atoms with Gasteiger partial charge >= 0.3 is 0 Å². The van der Waals surface area contributed by atoms with Crippen molar-refractivity contribution in [1.82, 2.24) is 4.90 Å². The fourth-order valence-electron chi connectivity index (χ4n) is 2.16. The second-order valence-electron chi connectivity index (χ2n) is 4.38. The van der Waals surface area contributed by atoms with Gasteiger partial charge in [-0.15, -0.1) is 0 Å². The molecular formula is C10H21NO2S2. The molecule has 0 saturated heterocycles. The molecule has 2 atom stereocenters. The minimum absolute atomic E-state index is 0.279. The van der Waals surface area contributed by atoms with Crippen LogP contribution in [-0.2, 0) is 9.84 Å². The van der Waals surface area contributed by atoms with Gasteiger partial charge in [0.25, 0.3) is 0 Å². The minimum atomic E-state index is -2.82. The van der Waals surface area contributed by atoms with Crippen molar-refractivity contribution in [2.45, 2.75) is 30.6 Å². The fraction of sp³-hybridized carbons (Fsp3) is 1.00. The van der Waals surface area contributed by atoms with E-state index in [1.54, 1.807) is 0 Å². The van der Waals surface area contributed by atoms with Crippen LogP contribution in [-0.4, -0.2) is 56.5 Å². The maximum atomic E-state index is 11.1. The molecule has 0 aromatic heterocycles. The van der Waals surface area contributed by atoms with Gasteiger partial charge in [0.2, 0.25) is 0 Å². The number of sulfone groups is 1. The van der Waals surface area contributed by atoms with Crippen LogP contribution in [0.15, 0.2) is 0 Å². The third-order valence-corrected chi connectivity index (χ3v) is 5.18. The van der Waals surface area contributed by atoms with Crippen molar-refractivity contribution in [1.29, 1.82) is 0 Å². The average Bonchev–Trinajstić information content (AvgIpc) is 2.60. The van der Waals surface area contributed by atoms with Crippen LogP contribution in [0.1, 0.15) is 19.3 Å². The van der Waals surface area contributed by atoms with Gasteiger partial charge in [-0.1, -0.05) is 6.42 Å². The molecule has 3 nitrogen and oxygen atoms in total. The van der Waals surface area contributed by atoms with E-state index in [-0.39, 0.29) is 5.75 Å². The van der Waals surface area contributed by atoms with Gasteiger partial charge in [0, 0.05) is 24.1 Å². The predicted octanol–water partition coefficient (Wildman–Crippen LogP) is 1.25. The van der Waals surface area contributed by atoms with Crippen molar-refractivity contribution >= 4 is 21.6 Å². The summed E-state index contributed by atoms with van der Waals surface area (Å²) < 4.78 is 22.1. The highest BCUT2D eigenvalue weighted by molar-refractivity contribution is 7.99. The second kappa shape index (κ2) is 5.55. The number of rotatable bonds is 5. The second-order valence-corrected chi connectivity index (χ2v) is 7.72. The number of nitrogens with zero attached hydrogens (tertiary/aromatic N) is 1. The summed E-state index contributed by atoms with van der Waals surface area (Å²) in [4.78, 5) is 2.22. The third kappa shape index (κ3) is 4.33. The highest BCUT2D eigenvalue weighted by atomic mass is 32.2. The summed E-state index contributed by atoms with van der Waals surface area (Å²) in [6.45, 7) is 0.667. The van der Waals surface area contributed by atoms with Crippen LogP contribution >= 0.6 is 11.8 Å². The first-order valence-corrected chi connectivity index (χ1v) is 8.69. The van der Waals surface area contributed by atoms with Crippen LogP contribution in [0.4, 0.5) is 0 Å². The summed E-state index contributed by atoms with van der Waals surface area (Å²) in [6, 6.07) is 0.571. The largest absolute Gasteiger partial charge is 0.301 e. The Balaban J connectivity index is 2.42. The molecule has 1 aliphatic rings. The van der Waals surface area contributed by atoms with Crippen LogP contribution in [0.3, 0.4) is 0 Å². The molecule has 0 N–H and O–H groups in total. The molecule has 15 heavy (non-hydrogen) atoms. The van der Waals surface area contributed by atoms with E-state index in [2.05, 4.69) is 11.2 Å². The lowest BCUT2D eigenvalue weighted by atomic mass is 10.2. The van der Waals surface area contributed by atoms with Crippen molar-refractivity contribution in [2.75, 3.05) is 31.9 Å². The molecule has 0 radical (unpaired) electrons. The molecule has 0 aromatic carbocycles. The summed E-state index contributed by atoms with van der Waals surface area (Å²) in [7, 11) is -0.775. The molecule has 90 valence electrons. The van der Waals surface area contributed by atoms with E-state index in [1.165, 1.54) is 25.5 Å². The SMILES string of the molecule is CS[C@H]1CCC[C@@H]1N(C)CCS(C)(=O)=O. The Kier molecular flexibility index (Phi) is 4.93. The molecule has 0 aliphatic heterocycles. The van der Waals surface area contributed by atoms with Gasteiger partial charge in [-0.2, -0.15) is 11.8 Å². The first kappa shape index (κ1) is 13.3. The molecule has 1 saturated carbocycles. The maximum Gasteiger partial charge on any atom is 0.148 e. The van der Waals surface area contributed by atoms with Crippen molar-refractivity contribution < 1.29 is 8.42 Å². The Labute approximate surface area is 97.5 Å². The fourth-order valence-corrected chi connectivity index (χ4v) is 3.84. The monoisotopic (exact) mass is 251 g/mol. The first-order valence-electron chi connectivity index (χ1n) is 5.35. The topological polar surface area (TPSA) is 37.4 Å². The molecule has 0 heterocycles. The summed E-state index contributed by atoms with van der Waals surface area (Å²) in [5.74, 6) is 0.279. The molecule has 0 amide bonds. The van der Waals surface area contributed by atoms with E-state index < -0.39 is 9.84 Å². The van der Waals surface area contributed by atoms with Crippen molar-refractivity contribution in [3.63, 3.8) is 0 Å². The molecule has 0 unspecified atom stereocenters. The van der Waals surface area contributed by atoms with E-state index in [0.29, 0.717) is 17.8 Å². The predicted molar refractivity (Wildman–Crippen MR) is 67.3 cm³/mol. The summed E-state index contributed by atoms with van der Waals surface area (Å²) >= 11 is 1.91. The quantitative estimate of drug-likeness (QED) is 0.737. The van der Waals surface area contributed by atoms with E-state index in [1.807, 2.05) is 18.8 Å². The smallest absolute Gasteiger partial charge is 0.148 e. The zero-order valence-corrected chi connectivity index (χ0v) is 11.4. The third-order valence-electron chi connectivity index (χ3n) is 3.10. The van der Waals surface area contributed by atoms with E-state index >= 15 is 0 Å². The first-order chi connectivity index (χ1) is 6.94. The number of hydrogen-bond donors (Lipinski definition) is 0. The molecule has 0 aromatic rings. The molecular weight excluding hydrogens is 230 g/mol. The van der Waals surface area contributed by atoms with Crippen LogP contribution in [0.2, 0.25) is 0 Å². The van der Waals surface area contributed by atoms with Gasteiger partial charge in [0.15, 0.2) is 0 Å². The zero-order chi connectivity index (χ0) is 11.5. The van der Waals surface area contributed by atoms with Crippen LogP contribution in [0.5, 0.6) is 0 Å². The van der Waals surface area contributed by atoms with Gasteiger partial charge < -0.3 is 4.90 Å². The Morgan fingerprint density at radius 2 is 2.07 bits per heavy atom. The average molecular weight is 251 g/mol. The summed E-state index contributed by atoms with van der Waals surface area (Å²) in [5, 5.41) is 0.689. The molecule has 1 fully saturated rings. The lowest BCUT2D eigenvalue weighted by molar-refractivity contribution is 0.264. The maximum absolute atomic E-state index is 11.1. The Hall–Kier alpha value is 0.260. The van der Waals surface area contributed by atoms with Gasteiger partial charge in [0.05, 0.1) is 5.75 Å². The standard InChI is InChI=1S/C10H21NO2S2/c1-11(7-8-15(3,12)13)9-5-4-6-10(9)14-2/h9-10H,4-8H2,1-3H3/t9-,10-/m0/s1. The van der Waals surface area contributed by atoms with Gasteiger partial charge in [0.1, 0.15) is 9.84 Å². The Bertz CT molecular complexity index is 290. The van der Waals surface area contributed by atoms with E-state index in [0.717, 1.165) is 0 Å². The molecule has 1 aliphatic carbocycles. The van der Waals surface area contributed by atoms with E-state index in [9.17, 15) is 8.42 Å². The van der Waals surface area contributed by atoms with Crippen LogP contribution < -0.4 is 0 Å². The van der Waals surface area contributed by atoms with Crippen LogP contribution in [0.25, 0.3) is 0 Å². The molecule has 0 bridgehead atoms. The Morgan fingerprint density at radius 3 is 2.60 bits per heavy atom. The lowest BCUT2D eigenvalue weighted by Crippen LogP contribution is -2.38. The van der Waals surface area contributed by atoms with Crippen molar-refractivity contribution in [3.8, 4) is 0 Å². The highest BCUT2D eigenvalue weighted by Crippen LogP contribution is 2.31.